The Morgan fingerprint density at radius 3 is 2.69 bits per heavy atom. The van der Waals surface area contributed by atoms with Crippen molar-refractivity contribution >= 4 is 16.9 Å². The number of aliphatic hydroxyl groups is 1. The molecule has 4 aromatic rings. The number of hydrogen-bond acceptors (Lipinski definition) is 7. The number of carbonyl (C=O) groups excluding carboxylic acids is 1. The van der Waals surface area contributed by atoms with Gasteiger partial charge in [-0.25, -0.2) is 9.97 Å². The quantitative estimate of drug-likeness (QED) is 0.394. The molecule has 1 fully saturated rings. The molecule has 3 heterocycles. The molecular formula is C26H27N5O4. The zero-order valence-electron chi connectivity index (χ0n) is 19.4. The smallest absolute Gasteiger partial charge is 0.254 e. The summed E-state index contributed by atoms with van der Waals surface area (Å²) < 4.78 is 5.38. The van der Waals surface area contributed by atoms with Gasteiger partial charge < -0.3 is 24.8 Å². The molecule has 3 N–H and O–H groups in total. The van der Waals surface area contributed by atoms with Crippen molar-refractivity contribution in [1.82, 2.24) is 24.8 Å². The Bertz CT molecular complexity index is 1360. The number of hydrogen-bond donors (Lipinski definition) is 3. The van der Waals surface area contributed by atoms with Gasteiger partial charge in [0.25, 0.3) is 5.91 Å². The number of benzene rings is 2. The van der Waals surface area contributed by atoms with E-state index in [0.717, 1.165) is 24.2 Å². The molecule has 0 saturated carbocycles. The number of phenols is 1. The zero-order valence-corrected chi connectivity index (χ0v) is 19.4. The van der Waals surface area contributed by atoms with E-state index in [-0.39, 0.29) is 18.3 Å². The minimum Gasteiger partial charge on any atom is -0.507 e. The molecule has 0 bridgehead atoms. The molecule has 0 spiro atoms. The molecule has 180 valence electrons. The van der Waals surface area contributed by atoms with Crippen molar-refractivity contribution in [1.29, 1.82) is 0 Å². The van der Waals surface area contributed by atoms with Crippen LogP contribution in [0.15, 0.2) is 54.7 Å². The first-order valence-electron chi connectivity index (χ1n) is 11.5. The van der Waals surface area contributed by atoms with Crippen molar-refractivity contribution < 1.29 is 19.7 Å². The van der Waals surface area contributed by atoms with E-state index in [2.05, 4.69) is 19.9 Å². The highest BCUT2D eigenvalue weighted by Gasteiger charge is 2.22. The standard InChI is InChI=1S/C26H27N5O4/c1-35-25-19(3-2-8-27-25)17-5-7-23(33)20(15-17)24-28-21-6-4-18(16-22(21)29-24)26(34)31-11-9-30(10-12-31)13-14-32/h2-8,15-16,32-33H,9-14H2,1H3,(H,28,29). The molecule has 1 aliphatic heterocycles. The molecule has 1 aliphatic rings. The first-order valence-corrected chi connectivity index (χ1v) is 11.5. The molecule has 35 heavy (non-hydrogen) atoms. The highest BCUT2D eigenvalue weighted by atomic mass is 16.5. The van der Waals surface area contributed by atoms with Gasteiger partial charge in [0.15, 0.2) is 0 Å². The fraction of sp³-hybridized carbons (Fsp3) is 0.269. The Morgan fingerprint density at radius 2 is 1.91 bits per heavy atom. The Morgan fingerprint density at radius 1 is 1.09 bits per heavy atom. The maximum Gasteiger partial charge on any atom is 0.254 e. The number of amides is 1. The van der Waals surface area contributed by atoms with Gasteiger partial charge in [-0.2, -0.15) is 0 Å². The minimum atomic E-state index is -0.0276. The SMILES string of the molecule is COc1ncccc1-c1ccc(O)c(-c2nc3ccc(C(=O)N4CCN(CCO)CC4)cc3[nH]2)c1. The van der Waals surface area contributed by atoms with Crippen molar-refractivity contribution in [2.75, 3.05) is 46.4 Å². The number of aromatic nitrogens is 3. The van der Waals surface area contributed by atoms with E-state index >= 15 is 0 Å². The lowest BCUT2D eigenvalue weighted by Gasteiger charge is -2.34. The van der Waals surface area contributed by atoms with Gasteiger partial charge in [0.1, 0.15) is 11.6 Å². The predicted molar refractivity (Wildman–Crippen MR) is 132 cm³/mol. The van der Waals surface area contributed by atoms with Crippen molar-refractivity contribution in [2.45, 2.75) is 0 Å². The number of phenolic OH excluding ortho intramolecular Hbond substituents is 1. The van der Waals surface area contributed by atoms with Gasteiger partial charge in [-0.1, -0.05) is 6.07 Å². The second kappa shape index (κ2) is 9.73. The third-order valence-electron chi connectivity index (χ3n) is 6.33. The van der Waals surface area contributed by atoms with E-state index in [9.17, 15) is 9.90 Å². The summed E-state index contributed by atoms with van der Waals surface area (Å²) in [5, 5.41) is 19.7. The zero-order chi connectivity index (χ0) is 24.4. The lowest BCUT2D eigenvalue weighted by Crippen LogP contribution is -2.49. The van der Waals surface area contributed by atoms with Crippen molar-refractivity contribution in [3.05, 3.63) is 60.3 Å². The summed E-state index contributed by atoms with van der Waals surface area (Å²) in [7, 11) is 1.57. The van der Waals surface area contributed by atoms with Crippen LogP contribution in [-0.2, 0) is 0 Å². The molecule has 0 radical (unpaired) electrons. The molecule has 1 saturated heterocycles. The van der Waals surface area contributed by atoms with Crippen molar-refractivity contribution in [2.24, 2.45) is 0 Å². The van der Waals surface area contributed by atoms with Gasteiger partial charge in [-0.05, 0) is 48.0 Å². The summed E-state index contributed by atoms with van der Waals surface area (Å²) >= 11 is 0. The minimum absolute atomic E-state index is 0.0276. The largest absolute Gasteiger partial charge is 0.507 e. The van der Waals surface area contributed by atoms with E-state index in [1.807, 2.05) is 29.2 Å². The first kappa shape index (κ1) is 22.8. The number of piperazine rings is 1. The molecule has 5 rings (SSSR count). The number of aromatic hydroxyl groups is 1. The second-order valence-corrected chi connectivity index (χ2v) is 8.47. The van der Waals surface area contributed by atoms with E-state index in [0.29, 0.717) is 53.5 Å². The number of β-amino-alcohol motifs (C(OH)–C–C–N with tert-alkyl or cyclic N) is 1. The van der Waals surface area contributed by atoms with E-state index in [1.165, 1.54) is 0 Å². The topological polar surface area (TPSA) is 115 Å². The van der Waals surface area contributed by atoms with Crippen LogP contribution in [0.2, 0.25) is 0 Å². The van der Waals surface area contributed by atoms with Crippen molar-refractivity contribution in [3.8, 4) is 34.1 Å². The van der Waals surface area contributed by atoms with Crippen molar-refractivity contribution in [3.63, 3.8) is 0 Å². The highest BCUT2D eigenvalue weighted by molar-refractivity contribution is 5.98. The molecular weight excluding hydrogens is 446 g/mol. The number of methoxy groups -OCH3 is 1. The van der Waals surface area contributed by atoms with Crippen LogP contribution >= 0.6 is 0 Å². The van der Waals surface area contributed by atoms with Gasteiger partial charge in [0.05, 0.1) is 30.3 Å². The Hall–Kier alpha value is -3.95. The van der Waals surface area contributed by atoms with Gasteiger partial charge in [-0.15, -0.1) is 0 Å². The summed E-state index contributed by atoms with van der Waals surface area (Å²) in [5.74, 6) is 1.06. The summed E-state index contributed by atoms with van der Waals surface area (Å²) in [6.07, 6.45) is 1.66. The molecule has 0 aliphatic carbocycles. The maximum absolute atomic E-state index is 13.1. The normalized spacial score (nSPS) is 14.4. The van der Waals surface area contributed by atoms with Crippen LogP contribution in [0.25, 0.3) is 33.5 Å². The van der Waals surface area contributed by atoms with Crippen LogP contribution in [0.4, 0.5) is 0 Å². The van der Waals surface area contributed by atoms with Gasteiger partial charge >= 0.3 is 0 Å². The van der Waals surface area contributed by atoms with E-state index in [1.54, 1.807) is 37.6 Å². The molecule has 1 amide bonds. The lowest BCUT2D eigenvalue weighted by molar-refractivity contribution is 0.0615. The first-order chi connectivity index (χ1) is 17.1. The Labute approximate surface area is 202 Å². The molecule has 2 aromatic carbocycles. The number of aliphatic hydroxyl groups excluding tert-OH is 1. The number of ether oxygens (including phenoxy) is 1. The van der Waals surface area contributed by atoms with Gasteiger partial charge in [0, 0.05) is 50.0 Å². The number of nitrogens with one attached hydrogen (secondary N) is 1. The summed E-state index contributed by atoms with van der Waals surface area (Å²) in [4.78, 5) is 29.2. The van der Waals surface area contributed by atoms with Crippen LogP contribution in [0.5, 0.6) is 11.6 Å². The Kier molecular flexibility index (Phi) is 6.35. The highest BCUT2D eigenvalue weighted by Crippen LogP contribution is 2.35. The van der Waals surface area contributed by atoms with E-state index in [4.69, 9.17) is 9.84 Å². The van der Waals surface area contributed by atoms with Crippen LogP contribution < -0.4 is 4.74 Å². The van der Waals surface area contributed by atoms with Crippen LogP contribution in [-0.4, -0.2) is 87.3 Å². The number of fused-ring (bicyclic) bond motifs is 1. The number of rotatable bonds is 6. The van der Waals surface area contributed by atoms with Crippen LogP contribution in [0, 0.1) is 0 Å². The predicted octanol–water partition coefficient (Wildman–Crippen LogP) is 2.76. The van der Waals surface area contributed by atoms with Crippen LogP contribution in [0.1, 0.15) is 10.4 Å². The fourth-order valence-electron chi connectivity index (χ4n) is 4.44. The number of H-pyrrole nitrogens is 1. The average Bonchev–Trinajstić information content (AvgIpc) is 3.32. The molecule has 9 heteroatoms. The summed E-state index contributed by atoms with van der Waals surface area (Å²) in [5.41, 5.74) is 4.18. The number of imidazole rings is 1. The number of aromatic amines is 1. The average molecular weight is 474 g/mol. The summed E-state index contributed by atoms with van der Waals surface area (Å²) in [6, 6.07) is 14.4. The van der Waals surface area contributed by atoms with Gasteiger partial charge in [-0.3, -0.25) is 9.69 Å². The number of carbonyl (C=O) groups is 1. The summed E-state index contributed by atoms with van der Waals surface area (Å²) in [6.45, 7) is 3.51. The monoisotopic (exact) mass is 473 g/mol. The third-order valence-corrected chi connectivity index (χ3v) is 6.33. The Balaban J connectivity index is 1.42. The lowest BCUT2D eigenvalue weighted by atomic mass is 10.0. The molecule has 9 nitrogen and oxygen atoms in total. The molecule has 2 aromatic heterocycles. The third kappa shape index (κ3) is 4.55. The van der Waals surface area contributed by atoms with E-state index < -0.39 is 0 Å². The second-order valence-electron chi connectivity index (χ2n) is 8.47. The number of nitrogens with zero attached hydrogens (tertiary/aromatic N) is 4. The van der Waals surface area contributed by atoms with Gasteiger partial charge in [0.2, 0.25) is 5.88 Å². The fourth-order valence-corrected chi connectivity index (χ4v) is 4.44. The van der Waals surface area contributed by atoms with Crippen LogP contribution in [0.3, 0.4) is 0 Å². The molecule has 0 unspecified atom stereocenters. The maximum atomic E-state index is 13.1. The molecule has 0 atom stereocenters. The number of pyridine rings is 1.